The topological polar surface area (TPSA) is 43.6 Å². The monoisotopic (exact) mass is 406 g/mol. The largest absolute Gasteiger partial charge is 0.244 e. The molecule has 4 aromatic rings. The number of aryl methyl sites for hydroxylation is 1. The van der Waals surface area contributed by atoms with Gasteiger partial charge in [-0.1, -0.05) is 52.1 Å². The molecular weight excluding hydrogens is 398 g/mol. The summed E-state index contributed by atoms with van der Waals surface area (Å²) in [7, 11) is 0. The summed E-state index contributed by atoms with van der Waals surface area (Å²) in [6.45, 7) is 1.94. The van der Waals surface area contributed by atoms with Crippen molar-refractivity contribution in [1.29, 1.82) is 0 Å². The lowest BCUT2D eigenvalue weighted by Crippen LogP contribution is -2.02. The molecule has 26 heavy (non-hydrogen) atoms. The van der Waals surface area contributed by atoms with Crippen LogP contribution in [0.1, 0.15) is 5.56 Å². The van der Waals surface area contributed by atoms with E-state index in [9.17, 15) is 4.39 Å². The lowest BCUT2D eigenvalue weighted by molar-refractivity contribution is 0.631. The first-order valence-electron chi connectivity index (χ1n) is 7.57. The van der Waals surface area contributed by atoms with Crippen molar-refractivity contribution in [2.24, 2.45) is 0 Å². The average Bonchev–Trinajstić information content (AvgIpc) is 2.99. The van der Waals surface area contributed by atoms with Crippen LogP contribution in [0.2, 0.25) is 15.2 Å². The molecule has 0 amide bonds. The number of benzene rings is 2. The molecule has 0 atom stereocenters. The highest BCUT2D eigenvalue weighted by Crippen LogP contribution is 2.38. The van der Waals surface area contributed by atoms with Crippen LogP contribution in [0.15, 0.2) is 42.6 Å². The Kier molecular flexibility index (Phi) is 4.31. The van der Waals surface area contributed by atoms with E-state index in [0.717, 1.165) is 5.56 Å². The van der Waals surface area contributed by atoms with E-state index >= 15 is 0 Å². The Morgan fingerprint density at radius 3 is 2.62 bits per heavy atom. The van der Waals surface area contributed by atoms with Gasteiger partial charge in [-0.2, -0.15) is 0 Å². The molecule has 8 heteroatoms. The zero-order valence-corrected chi connectivity index (χ0v) is 15.6. The summed E-state index contributed by atoms with van der Waals surface area (Å²) < 4.78 is 15.9. The molecule has 0 fully saturated rings. The number of rotatable bonds is 2. The number of hydrogen-bond donors (Lipinski definition) is 0. The predicted octanol–water partition coefficient (Wildman–Crippen LogP) is 5.89. The lowest BCUT2D eigenvalue weighted by Gasteiger charge is -2.13. The van der Waals surface area contributed by atoms with Crippen molar-refractivity contribution in [3.63, 3.8) is 0 Å². The van der Waals surface area contributed by atoms with E-state index in [1.54, 1.807) is 12.1 Å². The van der Waals surface area contributed by atoms with Crippen LogP contribution in [0.4, 0.5) is 4.39 Å². The first kappa shape index (κ1) is 17.2. The molecule has 0 spiro atoms. The van der Waals surface area contributed by atoms with Gasteiger partial charge in [0.25, 0.3) is 0 Å². The maximum atomic E-state index is 14.5. The van der Waals surface area contributed by atoms with Crippen molar-refractivity contribution in [1.82, 2.24) is 20.0 Å². The van der Waals surface area contributed by atoms with Gasteiger partial charge in [0.15, 0.2) is 5.82 Å². The number of nitrogens with zero attached hydrogens (tertiary/aromatic N) is 4. The highest BCUT2D eigenvalue weighted by Gasteiger charge is 2.20. The van der Waals surface area contributed by atoms with Gasteiger partial charge in [0.2, 0.25) is 0 Å². The molecule has 0 unspecified atom stereocenters. The number of aromatic nitrogens is 4. The van der Waals surface area contributed by atoms with Crippen LogP contribution in [0.3, 0.4) is 0 Å². The lowest BCUT2D eigenvalue weighted by atomic mass is 10.0. The summed E-state index contributed by atoms with van der Waals surface area (Å²) in [5.74, 6) is -0.536. The SMILES string of the molecule is Cc1ccc(-c2c(-n3nnc4cc(Cl)cc(F)c43)ccnc2Cl)c(Cl)c1. The van der Waals surface area contributed by atoms with E-state index in [2.05, 4.69) is 15.3 Å². The van der Waals surface area contributed by atoms with Crippen LogP contribution in [0.25, 0.3) is 27.8 Å². The first-order valence-corrected chi connectivity index (χ1v) is 8.71. The highest BCUT2D eigenvalue weighted by atomic mass is 35.5. The third-order valence-electron chi connectivity index (χ3n) is 3.97. The van der Waals surface area contributed by atoms with E-state index < -0.39 is 5.82 Å². The fourth-order valence-electron chi connectivity index (χ4n) is 2.82. The molecule has 0 aliphatic rings. The van der Waals surface area contributed by atoms with Crippen LogP contribution in [-0.2, 0) is 0 Å². The van der Waals surface area contributed by atoms with Crippen molar-refractivity contribution in [2.45, 2.75) is 6.92 Å². The summed E-state index contributed by atoms with van der Waals surface area (Å²) >= 11 is 18.7. The van der Waals surface area contributed by atoms with Crippen molar-refractivity contribution in [2.75, 3.05) is 0 Å². The zero-order chi connectivity index (χ0) is 18.4. The van der Waals surface area contributed by atoms with E-state index in [4.69, 9.17) is 34.8 Å². The maximum absolute atomic E-state index is 14.5. The summed E-state index contributed by atoms with van der Waals surface area (Å²) in [6, 6.07) is 10.0. The minimum Gasteiger partial charge on any atom is -0.244 e. The molecule has 130 valence electrons. The third-order valence-corrected chi connectivity index (χ3v) is 4.78. The quantitative estimate of drug-likeness (QED) is 0.389. The molecule has 0 N–H and O–H groups in total. The van der Waals surface area contributed by atoms with Crippen molar-refractivity contribution in [3.05, 3.63) is 69.2 Å². The predicted molar refractivity (Wildman–Crippen MR) is 102 cm³/mol. The van der Waals surface area contributed by atoms with Gasteiger partial charge in [0, 0.05) is 27.4 Å². The van der Waals surface area contributed by atoms with E-state index in [-0.39, 0.29) is 15.7 Å². The van der Waals surface area contributed by atoms with Gasteiger partial charge in [-0.05, 0) is 36.8 Å². The molecule has 0 saturated heterocycles. The molecule has 0 bridgehead atoms. The number of pyridine rings is 1. The van der Waals surface area contributed by atoms with E-state index in [1.807, 2.05) is 25.1 Å². The van der Waals surface area contributed by atoms with E-state index in [1.165, 1.54) is 16.9 Å². The Balaban J connectivity index is 2.04. The van der Waals surface area contributed by atoms with Gasteiger partial charge in [0.05, 0.1) is 5.69 Å². The van der Waals surface area contributed by atoms with Gasteiger partial charge >= 0.3 is 0 Å². The molecular formula is C18H10Cl3FN4. The molecule has 0 saturated carbocycles. The summed E-state index contributed by atoms with van der Waals surface area (Å²) in [5, 5.41) is 9.07. The Morgan fingerprint density at radius 1 is 1.04 bits per heavy atom. The Bertz CT molecular complexity index is 1160. The van der Waals surface area contributed by atoms with Crippen LogP contribution in [-0.4, -0.2) is 20.0 Å². The van der Waals surface area contributed by atoms with Gasteiger partial charge in [-0.3, -0.25) is 0 Å². The Labute approximate surface area is 163 Å². The number of fused-ring (bicyclic) bond motifs is 1. The first-order chi connectivity index (χ1) is 12.5. The summed E-state index contributed by atoms with van der Waals surface area (Å²) in [4.78, 5) is 4.14. The summed E-state index contributed by atoms with van der Waals surface area (Å²) in [5.41, 5.74) is 3.26. The fourth-order valence-corrected chi connectivity index (χ4v) is 3.60. The molecule has 2 aromatic heterocycles. The summed E-state index contributed by atoms with van der Waals surface area (Å²) in [6.07, 6.45) is 1.52. The molecule has 2 aromatic carbocycles. The van der Waals surface area contributed by atoms with Crippen molar-refractivity contribution in [3.8, 4) is 16.8 Å². The third kappa shape index (κ3) is 2.82. The van der Waals surface area contributed by atoms with Gasteiger partial charge in [0.1, 0.15) is 16.2 Å². The number of halogens is 4. The van der Waals surface area contributed by atoms with Gasteiger partial charge in [-0.25, -0.2) is 14.1 Å². The van der Waals surface area contributed by atoms with Crippen LogP contribution in [0, 0.1) is 12.7 Å². The molecule has 0 aliphatic heterocycles. The standard InChI is InChI=1S/C18H10Cl3FN4/c1-9-2-3-11(12(20)6-9)16-15(4-5-23-18(16)21)26-17-13(22)7-10(19)8-14(17)24-25-26/h2-8H,1H3. The molecule has 0 radical (unpaired) electrons. The molecule has 2 heterocycles. The minimum absolute atomic E-state index is 0.196. The van der Waals surface area contributed by atoms with Crippen molar-refractivity contribution < 1.29 is 4.39 Å². The van der Waals surface area contributed by atoms with Crippen molar-refractivity contribution >= 4 is 45.8 Å². The molecule has 4 nitrogen and oxygen atoms in total. The van der Waals surface area contributed by atoms with Crippen LogP contribution >= 0.6 is 34.8 Å². The Hall–Kier alpha value is -2.21. The maximum Gasteiger partial charge on any atom is 0.152 e. The van der Waals surface area contributed by atoms with Crippen LogP contribution < -0.4 is 0 Å². The fraction of sp³-hybridized carbons (Fsp3) is 0.0556. The second-order valence-corrected chi connectivity index (χ2v) is 6.94. The second kappa shape index (κ2) is 6.50. The van der Waals surface area contributed by atoms with Gasteiger partial charge in [-0.15, -0.1) is 5.10 Å². The molecule has 0 aliphatic carbocycles. The molecule has 4 rings (SSSR count). The second-order valence-electron chi connectivity index (χ2n) is 5.74. The Morgan fingerprint density at radius 2 is 1.85 bits per heavy atom. The number of hydrogen-bond acceptors (Lipinski definition) is 3. The highest BCUT2D eigenvalue weighted by molar-refractivity contribution is 6.36. The average molecular weight is 408 g/mol. The van der Waals surface area contributed by atoms with Gasteiger partial charge < -0.3 is 0 Å². The zero-order valence-electron chi connectivity index (χ0n) is 13.3. The normalized spacial score (nSPS) is 11.3. The smallest absolute Gasteiger partial charge is 0.152 e. The minimum atomic E-state index is -0.536. The van der Waals surface area contributed by atoms with Crippen LogP contribution in [0.5, 0.6) is 0 Å². The van der Waals surface area contributed by atoms with E-state index in [0.29, 0.717) is 27.4 Å².